The number of rotatable bonds is 8. The fraction of sp³-hybridized carbons (Fsp3) is 0.261. The molecule has 10 nitrogen and oxygen atoms in total. The highest BCUT2D eigenvalue weighted by atomic mass is 32.2. The quantitative estimate of drug-likeness (QED) is 0.468. The molecule has 3 aromatic rings. The number of carbonyl (C=O) groups excluding carboxylic acids is 1. The Morgan fingerprint density at radius 1 is 0.971 bits per heavy atom. The summed E-state index contributed by atoms with van der Waals surface area (Å²) in [6.07, 6.45) is 2.49. The number of aryl methyl sites for hydroxylation is 3. The molecule has 0 saturated carbocycles. The van der Waals surface area contributed by atoms with Crippen LogP contribution in [0.15, 0.2) is 59.6 Å². The van der Waals surface area contributed by atoms with E-state index in [0.29, 0.717) is 22.6 Å². The van der Waals surface area contributed by atoms with E-state index in [1.165, 1.54) is 37.4 Å². The lowest BCUT2D eigenvalue weighted by molar-refractivity contribution is -0.116. The first-order valence-corrected chi connectivity index (χ1v) is 13.9. The molecule has 0 bridgehead atoms. The summed E-state index contributed by atoms with van der Waals surface area (Å²) >= 11 is 0. The van der Waals surface area contributed by atoms with Gasteiger partial charge in [0, 0.05) is 17.6 Å². The fourth-order valence-corrected chi connectivity index (χ4v) is 5.55. The van der Waals surface area contributed by atoms with Crippen molar-refractivity contribution in [3.63, 3.8) is 0 Å². The highest BCUT2D eigenvalue weighted by molar-refractivity contribution is 7.92. The van der Waals surface area contributed by atoms with E-state index < -0.39 is 32.0 Å². The molecule has 35 heavy (non-hydrogen) atoms. The van der Waals surface area contributed by atoms with Crippen LogP contribution < -0.4 is 14.3 Å². The predicted molar refractivity (Wildman–Crippen MR) is 135 cm³/mol. The van der Waals surface area contributed by atoms with E-state index in [1.54, 1.807) is 32.0 Å². The van der Waals surface area contributed by atoms with E-state index in [-0.39, 0.29) is 10.8 Å². The molecule has 0 radical (unpaired) electrons. The summed E-state index contributed by atoms with van der Waals surface area (Å²) in [6, 6.07) is 11.4. The van der Waals surface area contributed by atoms with Crippen molar-refractivity contribution in [2.24, 2.45) is 0 Å². The molecular weight excluding hydrogens is 490 g/mol. The van der Waals surface area contributed by atoms with Gasteiger partial charge in [-0.25, -0.2) is 31.5 Å². The van der Waals surface area contributed by atoms with Gasteiger partial charge in [-0.15, -0.1) is 0 Å². The molecule has 3 rings (SSSR count). The SMILES string of the molecule is Cc1ccc(C)c(N([C@@H](C)C(=O)Nc2ccc(S(=O)(=O)Nc3nccc(C)n3)cc2)S(C)(=O)=O)c1. The smallest absolute Gasteiger partial charge is 0.264 e. The van der Waals surface area contributed by atoms with Crippen LogP contribution in [0, 0.1) is 20.8 Å². The summed E-state index contributed by atoms with van der Waals surface area (Å²) in [5.74, 6) is -0.623. The number of benzene rings is 2. The van der Waals surface area contributed by atoms with Crippen molar-refractivity contribution in [2.75, 3.05) is 20.6 Å². The number of aromatic nitrogens is 2. The van der Waals surface area contributed by atoms with E-state index in [2.05, 4.69) is 20.0 Å². The van der Waals surface area contributed by atoms with Crippen LogP contribution in [0.4, 0.5) is 17.3 Å². The summed E-state index contributed by atoms with van der Waals surface area (Å²) < 4.78 is 53.8. The second-order valence-electron chi connectivity index (χ2n) is 8.17. The number of amides is 1. The maximum Gasteiger partial charge on any atom is 0.264 e. The molecule has 1 aromatic heterocycles. The van der Waals surface area contributed by atoms with Gasteiger partial charge in [-0.1, -0.05) is 12.1 Å². The molecule has 0 aliphatic heterocycles. The molecule has 0 saturated heterocycles. The van der Waals surface area contributed by atoms with Gasteiger partial charge < -0.3 is 5.32 Å². The molecular formula is C23H27N5O5S2. The second-order valence-corrected chi connectivity index (χ2v) is 11.7. The van der Waals surface area contributed by atoms with Gasteiger partial charge in [0.15, 0.2) is 0 Å². The number of anilines is 3. The lowest BCUT2D eigenvalue weighted by Crippen LogP contribution is -2.45. The molecule has 0 unspecified atom stereocenters. The van der Waals surface area contributed by atoms with E-state index in [4.69, 9.17) is 0 Å². The summed E-state index contributed by atoms with van der Waals surface area (Å²) in [6.45, 7) is 6.81. The molecule has 1 atom stereocenters. The van der Waals surface area contributed by atoms with Crippen molar-refractivity contribution in [1.29, 1.82) is 0 Å². The van der Waals surface area contributed by atoms with Gasteiger partial charge in [-0.3, -0.25) is 9.10 Å². The third-order valence-corrected chi connectivity index (χ3v) is 7.71. The zero-order valence-corrected chi connectivity index (χ0v) is 21.6. The van der Waals surface area contributed by atoms with Gasteiger partial charge in [0.1, 0.15) is 6.04 Å². The van der Waals surface area contributed by atoms with Crippen LogP contribution in [0.5, 0.6) is 0 Å². The summed E-state index contributed by atoms with van der Waals surface area (Å²) in [7, 11) is -7.72. The molecule has 0 aliphatic carbocycles. The minimum absolute atomic E-state index is 0.0523. The minimum atomic E-state index is -3.94. The first-order valence-electron chi connectivity index (χ1n) is 10.6. The Balaban J connectivity index is 1.79. The Morgan fingerprint density at radius 3 is 2.23 bits per heavy atom. The zero-order valence-electron chi connectivity index (χ0n) is 20.0. The fourth-order valence-electron chi connectivity index (χ4n) is 3.38. The molecule has 1 heterocycles. The normalized spacial score (nSPS) is 12.6. The first-order chi connectivity index (χ1) is 16.3. The Labute approximate surface area is 205 Å². The molecule has 2 aromatic carbocycles. The third kappa shape index (κ3) is 6.34. The van der Waals surface area contributed by atoms with Gasteiger partial charge in [-0.2, -0.15) is 0 Å². The van der Waals surface area contributed by atoms with Gasteiger partial charge in [0.05, 0.1) is 16.8 Å². The average molecular weight is 518 g/mol. The maximum absolute atomic E-state index is 13.0. The van der Waals surface area contributed by atoms with Gasteiger partial charge in [-0.05, 0) is 75.2 Å². The number of nitrogens with zero attached hydrogens (tertiary/aromatic N) is 3. The Morgan fingerprint density at radius 2 is 1.63 bits per heavy atom. The van der Waals surface area contributed by atoms with E-state index in [9.17, 15) is 21.6 Å². The van der Waals surface area contributed by atoms with Crippen LogP contribution in [0.1, 0.15) is 23.7 Å². The lowest BCUT2D eigenvalue weighted by Gasteiger charge is -2.29. The predicted octanol–water partition coefficient (Wildman–Crippen LogP) is 3.00. The number of sulfonamides is 2. The van der Waals surface area contributed by atoms with Crippen LogP contribution in [-0.4, -0.2) is 45.0 Å². The van der Waals surface area contributed by atoms with E-state index >= 15 is 0 Å². The highest BCUT2D eigenvalue weighted by Crippen LogP contribution is 2.27. The monoisotopic (exact) mass is 517 g/mol. The minimum Gasteiger partial charge on any atom is -0.324 e. The first kappa shape index (κ1) is 26.1. The average Bonchev–Trinajstić information content (AvgIpc) is 2.75. The number of carbonyl (C=O) groups is 1. The van der Waals surface area contributed by atoms with Crippen LogP contribution in [0.25, 0.3) is 0 Å². The molecule has 1 amide bonds. The topological polar surface area (TPSA) is 138 Å². The summed E-state index contributed by atoms with van der Waals surface area (Å²) in [5.41, 5.74) is 2.89. The van der Waals surface area contributed by atoms with Crippen LogP contribution in [0.3, 0.4) is 0 Å². The third-order valence-electron chi connectivity index (χ3n) is 5.14. The van der Waals surface area contributed by atoms with Gasteiger partial charge in [0.2, 0.25) is 21.9 Å². The number of hydrogen-bond acceptors (Lipinski definition) is 7. The number of nitrogens with one attached hydrogen (secondary N) is 2. The van der Waals surface area contributed by atoms with Crippen molar-refractivity contribution in [1.82, 2.24) is 9.97 Å². The molecule has 0 spiro atoms. The Bertz CT molecular complexity index is 1460. The van der Waals surface area contributed by atoms with E-state index in [1.807, 2.05) is 13.0 Å². The standard InChI is InChI=1S/C23H27N5O5S2/c1-15-6-7-16(2)21(14-15)28(34(5,30)31)18(4)22(29)26-19-8-10-20(11-9-19)35(32,33)27-23-24-13-12-17(3)25-23/h6-14,18H,1-5H3,(H,26,29)(H,24,25,27)/t18-/m0/s1. The highest BCUT2D eigenvalue weighted by Gasteiger charge is 2.30. The van der Waals surface area contributed by atoms with Crippen LogP contribution >= 0.6 is 0 Å². The van der Waals surface area contributed by atoms with Crippen molar-refractivity contribution >= 4 is 43.3 Å². The Hall–Kier alpha value is -3.51. The van der Waals surface area contributed by atoms with Gasteiger partial charge >= 0.3 is 0 Å². The van der Waals surface area contributed by atoms with Crippen LogP contribution in [0.2, 0.25) is 0 Å². The molecule has 0 fully saturated rings. The van der Waals surface area contributed by atoms with Crippen molar-refractivity contribution in [3.05, 3.63) is 71.5 Å². The molecule has 12 heteroatoms. The summed E-state index contributed by atoms with van der Waals surface area (Å²) in [4.78, 5) is 20.8. The van der Waals surface area contributed by atoms with Gasteiger partial charge in [0.25, 0.3) is 10.0 Å². The van der Waals surface area contributed by atoms with Crippen molar-refractivity contribution < 1.29 is 21.6 Å². The van der Waals surface area contributed by atoms with E-state index in [0.717, 1.165) is 16.1 Å². The van der Waals surface area contributed by atoms with Crippen LogP contribution in [-0.2, 0) is 24.8 Å². The molecule has 186 valence electrons. The maximum atomic E-state index is 13.0. The molecule has 2 N–H and O–H groups in total. The largest absolute Gasteiger partial charge is 0.324 e. The van der Waals surface area contributed by atoms with Crippen molar-refractivity contribution in [3.8, 4) is 0 Å². The summed E-state index contributed by atoms with van der Waals surface area (Å²) in [5, 5.41) is 2.65. The zero-order chi connectivity index (χ0) is 26.0. The second kappa shape index (κ2) is 10.0. The molecule has 0 aliphatic rings. The van der Waals surface area contributed by atoms with Crippen molar-refractivity contribution in [2.45, 2.75) is 38.6 Å². The lowest BCUT2D eigenvalue weighted by atomic mass is 10.1. The Kier molecular flexibility index (Phi) is 7.46. The number of hydrogen-bond donors (Lipinski definition) is 2.